The molecular formula is C16H19F2NO4. The van der Waals surface area contributed by atoms with Gasteiger partial charge in [0.05, 0.1) is 5.56 Å². The smallest absolute Gasteiger partial charge is 0.326 e. The Bertz CT molecular complexity index is 589. The number of hydrogen-bond acceptors (Lipinski definition) is 3. The van der Waals surface area contributed by atoms with Crippen LogP contribution in [0.4, 0.5) is 8.78 Å². The molecule has 0 heterocycles. The maximum Gasteiger partial charge on any atom is 0.326 e. The van der Waals surface area contributed by atoms with Gasteiger partial charge in [-0.3, -0.25) is 9.59 Å². The summed E-state index contributed by atoms with van der Waals surface area (Å²) in [7, 11) is 0. The molecule has 126 valence electrons. The van der Waals surface area contributed by atoms with Crippen molar-refractivity contribution in [3.8, 4) is 0 Å². The molecule has 0 radical (unpaired) electrons. The van der Waals surface area contributed by atoms with Crippen molar-refractivity contribution >= 4 is 17.7 Å². The highest BCUT2D eigenvalue weighted by Gasteiger charge is 2.20. The average Bonchev–Trinajstić information content (AvgIpc) is 2.48. The van der Waals surface area contributed by atoms with Crippen LogP contribution in [0.1, 0.15) is 49.4 Å². The molecule has 1 unspecified atom stereocenters. The lowest BCUT2D eigenvalue weighted by Gasteiger charge is -2.13. The number of Topliss-reactive ketones (excluding diaryl/α,β-unsaturated/α-hetero) is 1. The van der Waals surface area contributed by atoms with Crippen molar-refractivity contribution in [1.29, 1.82) is 0 Å². The van der Waals surface area contributed by atoms with E-state index < -0.39 is 35.3 Å². The van der Waals surface area contributed by atoms with Gasteiger partial charge < -0.3 is 10.4 Å². The largest absolute Gasteiger partial charge is 0.480 e. The molecule has 0 spiro atoms. The Morgan fingerprint density at radius 1 is 1.22 bits per heavy atom. The van der Waals surface area contributed by atoms with Gasteiger partial charge in [0, 0.05) is 18.9 Å². The van der Waals surface area contributed by atoms with E-state index in [0.29, 0.717) is 18.9 Å². The summed E-state index contributed by atoms with van der Waals surface area (Å²) in [6.07, 6.45) is 1.21. The molecule has 0 bridgehead atoms. The minimum Gasteiger partial charge on any atom is -0.480 e. The normalized spacial score (nSPS) is 11.8. The highest BCUT2D eigenvalue weighted by atomic mass is 19.1. The summed E-state index contributed by atoms with van der Waals surface area (Å²) in [5.74, 6) is -4.15. The topological polar surface area (TPSA) is 83.5 Å². The quantitative estimate of drug-likeness (QED) is 0.683. The van der Waals surface area contributed by atoms with Crippen molar-refractivity contribution in [2.75, 3.05) is 0 Å². The van der Waals surface area contributed by atoms with Crippen molar-refractivity contribution in [2.24, 2.45) is 0 Å². The number of carbonyl (C=O) groups excluding carboxylic acids is 2. The van der Waals surface area contributed by atoms with Crippen molar-refractivity contribution in [2.45, 2.75) is 45.1 Å². The monoisotopic (exact) mass is 327 g/mol. The fraction of sp³-hybridized carbons (Fsp3) is 0.438. The van der Waals surface area contributed by atoms with Crippen LogP contribution in [-0.2, 0) is 9.59 Å². The number of carboxylic acid groups (broad SMARTS) is 1. The molecule has 1 rings (SSSR count). The van der Waals surface area contributed by atoms with Crippen molar-refractivity contribution in [3.63, 3.8) is 0 Å². The number of benzene rings is 1. The molecule has 0 saturated carbocycles. The molecule has 5 nitrogen and oxygen atoms in total. The Morgan fingerprint density at radius 3 is 2.48 bits per heavy atom. The molecule has 0 aliphatic heterocycles. The van der Waals surface area contributed by atoms with E-state index in [4.69, 9.17) is 5.11 Å². The lowest BCUT2D eigenvalue weighted by Crippen LogP contribution is -2.40. The molecule has 23 heavy (non-hydrogen) atoms. The van der Waals surface area contributed by atoms with E-state index in [0.717, 1.165) is 18.6 Å². The van der Waals surface area contributed by atoms with Gasteiger partial charge in [0.2, 0.25) is 5.91 Å². The van der Waals surface area contributed by atoms with Gasteiger partial charge in [0.25, 0.3) is 0 Å². The predicted octanol–water partition coefficient (Wildman–Crippen LogP) is 2.69. The number of carbonyl (C=O) groups is 3. The maximum absolute atomic E-state index is 13.4. The van der Waals surface area contributed by atoms with Crippen LogP contribution in [0.5, 0.6) is 0 Å². The van der Waals surface area contributed by atoms with Crippen molar-refractivity contribution in [3.05, 3.63) is 35.4 Å². The Balaban J connectivity index is 2.54. The highest BCUT2D eigenvalue weighted by molar-refractivity contribution is 5.98. The van der Waals surface area contributed by atoms with E-state index in [2.05, 4.69) is 5.32 Å². The van der Waals surface area contributed by atoms with E-state index >= 15 is 0 Å². The van der Waals surface area contributed by atoms with Gasteiger partial charge in [-0.15, -0.1) is 0 Å². The fourth-order valence-electron chi connectivity index (χ4n) is 2.01. The zero-order chi connectivity index (χ0) is 17.4. The molecule has 1 amide bonds. The molecule has 0 aromatic heterocycles. The first-order valence-corrected chi connectivity index (χ1v) is 7.35. The van der Waals surface area contributed by atoms with Gasteiger partial charge in [-0.1, -0.05) is 19.8 Å². The summed E-state index contributed by atoms with van der Waals surface area (Å²) in [5, 5.41) is 11.3. The lowest BCUT2D eigenvalue weighted by molar-refractivity contribution is -0.142. The summed E-state index contributed by atoms with van der Waals surface area (Å²) in [6.45, 7) is 1.90. The number of ketones is 1. The number of rotatable bonds is 9. The van der Waals surface area contributed by atoms with Gasteiger partial charge in [0.15, 0.2) is 5.78 Å². The summed E-state index contributed by atoms with van der Waals surface area (Å²) in [6, 6.07) is 1.58. The lowest BCUT2D eigenvalue weighted by atomic mass is 10.1. The van der Waals surface area contributed by atoms with Gasteiger partial charge in [-0.05, 0) is 18.6 Å². The second-order valence-corrected chi connectivity index (χ2v) is 5.15. The minimum atomic E-state index is -1.14. The van der Waals surface area contributed by atoms with E-state index in [9.17, 15) is 23.2 Å². The summed E-state index contributed by atoms with van der Waals surface area (Å²) in [5.41, 5.74) is -0.292. The number of amides is 1. The van der Waals surface area contributed by atoms with Crippen LogP contribution in [0.3, 0.4) is 0 Å². The molecule has 0 saturated heterocycles. The van der Waals surface area contributed by atoms with Crippen LogP contribution in [0, 0.1) is 11.6 Å². The van der Waals surface area contributed by atoms with Crippen molar-refractivity contribution in [1.82, 2.24) is 5.32 Å². The molecule has 0 fully saturated rings. The number of unbranched alkanes of at least 4 members (excludes halogenated alkanes) is 1. The van der Waals surface area contributed by atoms with Gasteiger partial charge >= 0.3 is 5.97 Å². The molecule has 7 heteroatoms. The molecule has 1 aromatic rings. The number of nitrogens with one attached hydrogen (secondary N) is 1. The number of hydrogen-bond donors (Lipinski definition) is 2. The van der Waals surface area contributed by atoms with E-state index in [-0.39, 0.29) is 18.4 Å². The van der Waals surface area contributed by atoms with Crippen LogP contribution in [-0.4, -0.2) is 28.8 Å². The minimum absolute atomic E-state index is 0.258. The van der Waals surface area contributed by atoms with Crippen LogP contribution in [0.25, 0.3) is 0 Å². The molecule has 1 atom stereocenters. The molecule has 0 aliphatic carbocycles. The van der Waals surface area contributed by atoms with Crippen LogP contribution in [0.2, 0.25) is 0 Å². The van der Waals surface area contributed by atoms with Gasteiger partial charge in [-0.25, -0.2) is 13.6 Å². The maximum atomic E-state index is 13.4. The number of halogens is 2. The number of carboxylic acids is 1. The highest BCUT2D eigenvalue weighted by Crippen LogP contribution is 2.13. The SMILES string of the molecule is CCCCC(NC(=O)CCC(=O)c1ccc(F)cc1F)C(=O)O. The second-order valence-electron chi connectivity index (χ2n) is 5.15. The van der Waals surface area contributed by atoms with E-state index in [1.165, 1.54) is 0 Å². The first kappa shape index (κ1) is 18.7. The van der Waals surface area contributed by atoms with Crippen molar-refractivity contribution < 1.29 is 28.3 Å². The van der Waals surface area contributed by atoms with Gasteiger partial charge in [0.1, 0.15) is 17.7 Å². The second kappa shape index (κ2) is 8.97. The zero-order valence-corrected chi connectivity index (χ0v) is 12.8. The Hall–Kier alpha value is -2.31. The summed E-state index contributed by atoms with van der Waals surface area (Å²) >= 11 is 0. The third-order valence-electron chi connectivity index (χ3n) is 3.29. The predicted molar refractivity (Wildman–Crippen MR) is 79.0 cm³/mol. The molecular weight excluding hydrogens is 308 g/mol. The van der Waals surface area contributed by atoms with E-state index in [1.54, 1.807) is 0 Å². The first-order valence-electron chi connectivity index (χ1n) is 7.35. The zero-order valence-electron chi connectivity index (χ0n) is 12.8. The third kappa shape index (κ3) is 6.14. The van der Waals surface area contributed by atoms with E-state index in [1.807, 2.05) is 6.92 Å². The standard InChI is InChI=1S/C16H19F2NO4/c1-2-3-4-13(16(22)23)19-15(21)8-7-14(20)11-6-5-10(17)9-12(11)18/h5-6,9,13H,2-4,7-8H2,1H3,(H,19,21)(H,22,23). The molecule has 0 aliphatic rings. The van der Waals surface area contributed by atoms with Crippen LogP contribution >= 0.6 is 0 Å². The molecule has 1 aromatic carbocycles. The average molecular weight is 327 g/mol. The molecule has 2 N–H and O–H groups in total. The first-order chi connectivity index (χ1) is 10.8. The fourth-order valence-corrected chi connectivity index (χ4v) is 2.01. The van der Waals surface area contributed by atoms with Crippen LogP contribution in [0.15, 0.2) is 18.2 Å². The Labute approximate surface area is 132 Å². The summed E-state index contributed by atoms with van der Waals surface area (Å²) in [4.78, 5) is 34.5. The number of aliphatic carboxylic acids is 1. The summed E-state index contributed by atoms with van der Waals surface area (Å²) < 4.78 is 26.2. The van der Waals surface area contributed by atoms with Gasteiger partial charge in [-0.2, -0.15) is 0 Å². The Kier molecular flexibility index (Phi) is 7.31. The third-order valence-corrected chi connectivity index (χ3v) is 3.29. The Morgan fingerprint density at radius 2 is 1.91 bits per heavy atom. The van der Waals surface area contributed by atoms with Crippen LogP contribution < -0.4 is 5.32 Å².